The molecule has 476 valence electrons. The molecule has 0 aromatic carbocycles. The van der Waals surface area contributed by atoms with Crippen LogP contribution in [0.4, 0.5) is 0 Å². The molecule has 1 unspecified atom stereocenters. The van der Waals surface area contributed by atoms with Crippen LogP contribution in [0.2, 0.25) is 0 Å². The van der Waals surface area contributed by atoms with Crippen LogP contribution < -0.4 is 0 Å². The van der Waals surface area contributed by atoms with Gasteiger partial charge < -0.3 is 14.2 Å². The third-order valence-electron chi connectivity index (χ3n) is 15.3. The number of hydrogen-bond acceptors (Lipinski definition) is 6. The maximum Gasteiger partial charge on any atom is 0.306 e. The van der Waals surface area contributed by atoms with Crippen molar-refractivity contribution in [3.8, 4) is 0 Å². The summed E-state index contributed by atoms with van der Waals surface area (Å²) < 4.78 is 16.9. The lowest BCUT2D eigenvalue weighted by atomic mass is 10.0. The largest absolute Gasteiger partial charge is 0.462 e. The summed E-state index contributed by atoms with van der Waals surface area (Å²) >= 11 is 0. The van der Waals surface area contributed by atoms with E-state index in [2.05, 4.69) is 130 Å². The first kappa shape index (κ1) is 79.1. The van der Waals surface area contributed by atoms with Crippen LogP contribution in [0, 0.1) is 0 Å². The topological polar surface area (TPSA) is 78.9 Å². The van der Waals surface area contributed by atoms with E-state index in [1.807, 2.05) is 0 Å². The monoisotopic (exact) mass is 1150 g/mol. The predicted molar refractivity (Wildman–Crippen MR) is 362 cm³/mol. The van der Waals surface area contributed by atoms with Crippen molar-refractivity contribution in [2.24, 2.45) is 0 Å². The Morgan fingerprint density at radius 3 is 0.783 bits per heavy atom. The number of rotatable bonds is 64. The summed E-state index contributed by atoms with van der Waals surface area (Å²) in [4.78, 5) is 38.3. The molecule has 0 aromatic rings. The van der Waals surface area contributed by atoms with E-state index in [1.165, 1.54) is 186 Å². The van der Waals surface area contributed by atoms with Gasteiger partial charge in [0.2, 0.25) is 0 Å². The van der Waals surface area contributed by atoms with Gasteiger partial charge in [-0.05, 0) is 103 Å². The molecular weight excluding hydrogens is 1020 g/mol. The Morgan fingerprint density at radius 2 is 0.482 bits per heavy atom. The van der Waals surface area contributed by atoms with Gasteiger partial charge in [0.05, 0.1) is 0 Å². The van der Waals surface area contributed by atoms with Gasteiger partial charge in [-0.2, -0.15) is 0 Å². The second-order valence-electron chi connectivity index (χ2n) is 23.4. The van der Waals surface area contributed by atoms with Crippen LogP contribution >= 0.6 is 0 Å². The minimum Gasteiger partial charge on any atom is -0.462 e. The highest BCUT2D eigenvalue weighted by Crippen LogP contribution is 2.17. The van der Waals surface area contributed by atoms with Crippen molar-refractivity contribution in [2.45, 2.75) is 348 Å². The molecule has 0 radical (unpaired) electrons. The van der Waals surface area contributed by atoms with Gasteiger partial charge in [-0.1, -0.05) is 329 Å². The Labute approximate surface area is 514 Å². The highest BCUT2D eigenvalue weighted by molar-refractivity contribution is 5.71. The van der Waals surface area contributed by atoms with E-state index in [0.717, 1.165) is 116 Å². The van der Waals surface area contributed by atoms with Gasteiger partial charge in [-0.3, -0.25) is 14.4 Å². The van der Waals surface area contributed by atoms with E-state index in [0.29, 0.717) is 19.3 Å². The minimum atomic E-state index is -0.782. The van der Waals surface area contributed by atoms with E-state index in [4.69, 9.17) is 14.2 Å². The molecular formula is C77H132O6. The first-order chi connectivity index (χ1) is 41.0. The molecule has 0 saturated heterocycles. The zero-order valence-corrected chi connectivity index (χ0v) is 54.7. The van der Waals surface area contributed by atoms with Gasteiger partial charge in [-0.15, -0.1) is 0 Å². The third kappa shape index (κ3) is 68.7. The Hall–Kier alpha value is -3.93. The Kier molecular flexibility index (Phi) is 67.2. The van der Waals surface area contributed by atoms with Gasteiger partial charge in [0.15, 0.2) is 6.10 Å². The second kappa shape index (κ2) is 70.6. The minimum absolute atomic E-state index is 0.0795. The first-order valence-electron chi connectivity index (χ1n) is 35.4. The van der Waals surface area contributed by atoms with Crippen molar-refractivity contribution in [1.29, 1.82) is 0 Å². The molecule has 0 rings (SSSR count). The van der Waals surface area contributed by atoms with Crippen molar-refractivity contribution < 1.29 is 28.6 Å². The molecule has 0 aliphatic rings. The zero-order chi connectivity index (χ0) is 59.9. The van der Waals surface area contributed by atoms with Gasteiger partial charge in [0.1, 0.15) is 13.2 Å². The SMILES string of the molecule is CC/C=C\C/C=C\C/C=C\C/C=C\C/C=C\C/C=C\C/C=C\C/C=C\CCCCCCCCCCCCC(=O)OCC(COC(=O)CCCCCCC/C=C\CCCC)OC(=O)CCCCCCCCCCCCCCCCCCCCC. The van der Waals surface area contributed by atoms with E-state index in [1.54, 1.807) is 0 Å². The molecule has 0 aromatic heterocycles. The maximum absolute atomic E-state index is 12.9. The van der Waals surface area contributed by atoms with E-state index >= 15 is 0 Å². The Bertz CT molecular complexity index is 1660. The van der Waals surface area contributed by atoms with Crippen LogP contribution in [-0.4, -0.2) is 37.2 Å². The van der Waals surface area contributed by atoms with Crippen molar-refractivity contribution in [1.82, 2.24) is 0 Å². The number of esters is 3. The molecule has 0 amide bonds. The first-order valence-corrected chi connectivity index (χ1v) is 35.4. The van der Waals surface area contributed by atoms with Crippen LogP contribution in [0.5, 0.6) is 0 Å². The maximum atomic E-state index is 12.9. The fourth-order valence-electron chi connectivity index (χ4n) is 9.97. The van der Waals surface area contributed by atoms with Crippen molar-refractivity contribution in [3.63, 3.8) is 0 Å². The molecule has 0 spiro atoms. The number of ether oxygens (including phenoxy) is 3. The van der Waals surface area contributed by atoms with Gasteiger partial charge in [0.25, 0.3) is 0 Å². The van der Waals surface area contributed by atoms with Crippen molar-refractivity contribution >= 4 is 17.9 Å². The molecule has 0 N–H and O–H groups in total. The molecule has 6 heteroatoms. The van der Waals surface area contributed by atoms with Crippen LogP contribution in [-0.2, 0) is 28.6 Å². The quantitative estimate of drug-likeness (QED) is 0.0261. The van der Waals surface area contributed by atoms with E-state index in [9.17, 15) is 14.4 Å². The highest BCUT2D eigenvalue weighted by Gasteiger charge is 2.19. The standard InChI is InChI=1S/C77H132O6/c1-4-7-10-13-16-19-22-24-26-28-30-31-32-33-34-35-36-37-38-39-40-41-42-43-44-45-47-48-50-52-55-58-61-64-67-70-76(79)82-73-74(72-81-75(78)69-66-63-60-57-54-21-18-15-12-9-6-3)83-77(80)71-68-65-62-59-56-53-51-49-46-29-27-25-23-20-17-14-11-8-5-2/h7,10,15-16,18-19,24,26,30-31,33-34,36-37,39-40,42-43,74H,4-6,8-9,11-14,17,20-23,25,27-29,32,35,38,41,44-73H2,1-3H3/b10-7-,18-15-,19-16-,26-24-,31-30-,34-33-,37-36-,40-39-,43-42-. The van der Waals surface area contributed by atoms with E-state index < -0.39 is 6.10 Å². The number of unbranched alkanes of at least 4 members (excludes halogenated alkanes) is 35. The summed E-state index contributed by atoms with van der Waals surface area (Å²) in [7, 11) is 0. The molecule has 0 saturated carbocycles. The average molecular weight is 1150 g/mol. The van der Waals surface area contributed by atoms with Crippen LogP contribution in [0.1, 0.15) is 342 Å². The highest BCUT2D eigenvalue weighted by atomic mass is 16.6. The number of allylic oxidation sites excluding steroid dienone is 18. The van der Waals surface area contributed by atoms with E-state index in [-0.39, 0.29) is 31.1 Å². The zero-order valence-electron chi connectivity index (χ0n) is 54.7. The summed E-state index contributed by atoms with van der Waals surface area (Å²) in [5.41, 5.74) is 0. The summed E-state index contributed by atoms with van der Waals surface area (Å²) in [5, 5.41) is 0. The molecule has 1 atom stereocenters. The number of hydrogen-bond donors (Lipinski definition) is 0. The van der Waals surface area contributed by atoms with Gasteiger partial charge in [-0.25, -0.2) is 0 Å². The fourth-order valence-corrected chi connectivity index (χ4v) is 9.97. The molecule has 83 heavy (non-hydrogen) atoms. The van der Waals surface area contributed by atoms with Crippen LogP contribution in [0.15, 0.2) is 109 Å². The Balaban J connectivity index is 4.19. The van der Waals surface area contributed by atoms with Gasteiger partial charge in [0, 0.05) is 19.3 Å². The molecule has 0 bridgehead atoms. The summed E-state index contributed by atoms with van der Waals surface area (Å²) in [5.74, 6) is -0.878. The average Bonchev–Trinajstić information content (AvgIpc) is 3.48. The normalized spacial score (nSPS) is 12.8. The number of carbonyl (C=O) groups is 3. The second-order valence-corrected chi connectivity index (χ2v) is 23.4. The fraction of sp³-hybridized carbons (Fsp3) is 0.727. The van der Waals surface area contributed by atoms with Crippen LogP contribution in [0.25, 0.3) is 0 Å². The smallest absolute Gasteiger partial charge is 0.306 e. The lowest BCUT2D eigenvalue weighted by molar-refractivity contribution is -0.167. The molecule has 6 nitrogen and oxygen atoms in total. The summed E-state index contributed by atoms with van der Waals surface area (Å²) in [6.45, 7) is 6.52. The van der Waals surface area contributed by atoms with Gasteiger partial charge >= 0.3 is 17.9 Å². The molecule has 0 fully saturated rings. The summed E-state index contributed by atoms with van der Waals surface area (Å²) in [6, 6.07) is 0. The number of carbonyl (C=O) groups excluding carboxylic acids is 3. The lowest BCUT2D eigenvalue weighted by Gasteiger charge is -2.18. The molecule has 0 aliphatic heterocycles. The van der Waals surface area contributed by atoms with Crippen LogP contribution in [0.3, 0.4) is 0 Å². The van der Waals surface area contributed by atoms with Crippen molar-refractivity contribution in [3.05, 3.63) is 109 Å². The molecule has 0 aliphatic carbocycles. The Morgan fingerprint density at radius 1 is 0.253 bits per heavy atom. The predicted octanol–water partition coefficient (Wildman–Crippen LogP) is 24.6. The van der Waals surface area contributed by atoms with Crippen molar-refractivity contribution in [2.75, 3.05) is 13.2 Å². The lowest BCUT2D eigenvalue weighted by Crippen LogP contribution is -2.30. The molecule has 0 heterocycles. The summed E-state index contributed by atoms with van der Waals surface area (Å²) in [6.07, 6.45) is 96.9. The third-order valence-corrected chi connectivity index (χ3v) is 15.3.